The third-order valence-corrected chi connectivity index (χ3v) is 3.33. The van der Waals surface area contributed by atoms with E-state index in [0.717, 1.165) is 22.2 Å². The Bertz CT molecular complexity index is 572. The Hall–Kier alpha value is -1.62. The Morgan fingerprint density at radius 1 is 1.28 bits per heavy atom. The Kier molecular flexibility index (Phi) is 3.81. The molecule has 18 heavy (non-hydrogen) atoms. The summed E-state index contributed by atoms with van der Waals surface area (Å²) in [6.45, 7) is 3.98. The van der Waals surface area contributed by atoms with Crippen LogP contribution in [-0.2, 0) is 6.42 Å². The molecule has 0 unspecified atom stereocenters. The summed E-state index contributed by atoms with van der Waals surface area (Å²) in [5.41, 5.74) is 6.81. The quantitative estimate of drug-likeness (QED) is 0.943. The van der Waals surface area contributed by atoms with Gasteiger partial charge >= 0.3 is 0 Å². The second-order valence-electron chi connectivity index (χ2n) is 3.91. The lowest BCUT2D eigenvalue weighted by atomic mass is 10.2. The molecule has 2 rings (SSSR count). The summed E-state index contributed by atoms with van der Waals surface area (Å²) >= 11 is 3.45. The molecule has 1 aromatic heterocycles. The van der Waals surface area contributed by atoms with Crippen molar-refractivity contribution in [2.75, 3.05) is 5.73 Å². The summed E-state index contributed by atoms with van der Waals surface area (Å²) in [4.78, 5) is 8.38. The third kappa shape index (κ3) is 2.98. The number of aryl methyl sites for hydroxylation is 2. The largest absolute Gasteiger partial charge is 0.439 e. The first-order chi connectivity index (χ1) is 8.58. The zero-order valence-corrected chi connectivity index (χ0v) is 11.9. The topological polar surface area (TPSA) is 61.0 Å². The third-order valence-electron chi connectivity index (χ3n) is 2.44. The van der Waals surface area contributed by atoms with Crippen LogP contribution in [0.2, 0.25) is 0 Å². The first-order valence-electron chi connectivity index (χ1n) is 5.66. The molecule has 0 saturated heterocycles. The summed E-state index contributed by atoms with van der Waals surface area (Å²) in [6.07, 6.45) is 0.723. The SMILES string of the molecule is CCc1nc(N)cc(Oc2ccc(Br)c(C)c2)n1. The minimum atomic E-state index is 0.422. The van der Waals surface area contributed by atoms with Crippen LogP contribution < -0.4 is 10.5 Å². The van der Waals surface area contributed by atoms with Crippen molar-refractivity contribution < 1.29 is 4.74 Å². The Morgan fingerprint density at radius 2 is 2.06 bits per heavy atom. The van der Waals surface area contributed by atoms with Crippen LogP contribution in [0, 0.1) is 6.92 Å². The monoisotopic (exact) mass is 307 g/mol. The van der Waals surface area contributed by atoms with Crippen LogP contribution in [0.1, 0.15) is 18.3 Å². The van der Waals surface area contributed by atoms with Gasteiger partial charge in [0.15, 0.2) is 0 Å². The van der Waals surface area contributed by atoms with Gasteiger partial charge < -0.3 is 10.5 Å². The molecule has 0 spiro atoms. The highest BCUT2D eigenvalue weighted by molar-refractivity contribution is 9.10. The fourth-order valence-corrected chi connectivity index (χ4v) is 1.75. The number of benzene rings is 1. The molecular formula is C13H14BrN3O. The lowest BCUT2D eigenvalue weighted by molar-refractivity contribution is 0.459. The van der Waals surface area contributed by atoms with Crippen molar-refractivity contribution in [3.63, 3.8) is 0 Å². The first-order valence-corrected chi connectivity index (χ1v) is 6.45. The second-order valence-corrected chi connectivity index (χ2v) is 4.77. The maximum absolute atomic E-state index is 5.70. The molecule has 0 radical (unpaired) electrons. The number of anilines is 1. The van der Waals surface area contributed by atoms with E-state index in [4.69, 9.17) is 10.5 Å². The van der Waals surface area contributed by atoms with Crippen LogP contribution in [-0.4, -0.2) is 9.97 Å². The average molecular weight is 308 g/mol. The first kappa shape index (κ1) is 12.8. The van der Waals surface area contributed by atoms with E-state index in [2.05, 4.69) is 25.9 Å². The number of ether oxygens (including phenoxy) is 1. The fourth-order valence-electron chi connectivity index (χ4n) is 1.50. The van der Waals surface area contributed by atoms with Gasteiger partial charge in [0.05, 0.1) is 0 Å². The van der Waals surface area contributed by atoms with Crippen LogP contribution in [0.4, 0.5) is 5.82 Å². The van der Waals surface area contributed by atoms with E-state index in [0.29, 0.717) is 17.5 Å². The average Bonchev–Trinajstić information content (AvgIpc) is 2.33. The molecule has 4 nitrogen and oxygen atoms in total. The van der Waals surface area contributed by atoms with Crippen molar-refractivity contribution in [2.24, 2.45) is 0 Å². The predicted molar refractivity (Wildman–Crippen MR) is 74.8 cm³/mol. The van der Waals surface area contributed by atoms with Crippen molar-refractivity contribution in [1.82, 2.24) is 9.97 Å². The van der Waals surface area contributed by atoms with E-state index in [1.807, 2.05) is 32.0 Å². The highest BCUT2D eigenvalue weighted by Crippen LogP contribution is 2.25. The minimum absolute atomic E-state index is 0.422. The molecule has 5 heteroatoms. The van der Waals surface area contributed by atoms with E-state index in [-0.39, 0.29) is 0 Å². The molecule has 1 heterocycles. The molecule has 0 amide bonds. The van der Waals surface area contributed by atoms with E-state index in [9.17, 15) is 0 Å². The van der Waals surface area contributed by atoms with Crippen LogP contribution in [0.15, 0.2) is 28.7 Å². The molecule has 0 aliphatic rings. The van der Waals surface area contributed by atoms with Crippen molar-refractivity contribution in [3.05, 3.63) is 40.1 Å². The van der Waals surface area contributed by atoms with Gasteiger partial charge in [-0.2, -0.15) is 4.98 Å². The van der Waals surface area contributed by atoms with Crippen LogP contribution >= 0.6 is 15.9 Å². The van der Waals surface area contributed by atoms with Gasteiger partial charge in [0.25, 0.3) is 0 Å². The number of hydrogen-bond acceptors (Lipinski definition) is 4. The molecule has 0 saturated carbocycles. The van der Waals surface area contributed by atoms with Crippen molar-refractivity contribution in [2.45, 2.75) is 20.3 Å². The number of nitrogen functional groups attached to an aromatic ring is 1. The highest BCUT2D eigenvalue weighted by Gasteiger charge is 2.05. The van der Waals surface area contributed by atoms with Crippen LogP contribution in [0.5, 0.6) is 11.6 Å². The highest BCUT2D eigenvalue weighted by atomic mass is 79.9. The van der Waals surface area contributed by atoms with Crippen LogP contribution in [0.25, 0.3) is 0 Å². The molecule has 94 valence electrons. The van der Waals surface area contributed by atoms with Gasteiger partial charge in [-0.05, 0) is 30.7 Å². The summed E-state index contributed by atoms with van der Waals surface area (Å²) in [5.74, 6) is 2.31. The molecule has 0 aliphatic heterocycles. The number of aromatic nitrogens is 2. The van der Waals surface area contributed by atoms with E-state index in [1.54, 1.807) is 6.07 Å². The van der Waals surface area contributed by atoms with E-state index < -0.39 is 0 Å². The minimum Gasteiger partial charge on any atom is -0.439 e. The number of nitrogens with zero attached hydrogens (tertiary/aromatic N) is 2. The Morgan fingerprint density at radius 3 is 2.72 bits per heavy atom. The standard InChI is InChI=1S/C13H14BrN3O/c1-3-12-16-11(15)7-13(17-12)18-9-4-5-10(14)8(2)6-9/h4-7H,3H2,1-2H3,(H2,15,16,17). The molecule has 0 fully saturated rings. The molecular weight excluding hydrogens is 294 g/mol. The van der Waals surface area contributed by atoms with Crippen molar-refractivity contribution in [1.29, 1.82) is 0 Å². The van der Waals surface area contributed by atoms with Crippen molar-refractivity contribution in [3.8, 4) is 11.6 Å². The molecule has 2 N–H and O–H groups in total. The fraction of sp³-hybridized carbons (Fsp3) is 0.231. The predicted octanol–water partition coefficient (Wildman–Crippen LogP) is 3.48. The normalized spacial score (nSPS) is 10.4. The van der Waals surface area contributed by atoms with Gasteiger partial charge in [-0.25, -0.2) is 4.98 Å². The molecule has 0 aliphatic carbocycles. The van der Waals surface area contributed by atoms with E-state index in [1.165, 1.54) is 0 Å². The van der Waals surface area contributed by atoms with Gasteiger partial charge in [-0.15, -0.1) is 0 Å². The maximum atomic E-state index is 5.70. The number of rotatable bonds is 3. The Labute approximate surface area is 114 Å². The molecule has 1 aromatic carbocycles. The summed E-state index contributed by atoms with van der Waals surface area (Å²) < 4.78 is 6.73. The maximum Gasteiger partial charge on any atom is 0.224 e. The molecule has 0 bridgehead atoms. The Balaban J connectivity index is 2.27. The second kappa shape index (κ2) is 5.35. The number of hydrogen-bond donors (Lipinski definition) is 1. The van der Waals surface area contributed by atoms with E-state index >= 15 is 0 Å². The molecule has 2 aromatic rings. The number of nitrogens with two attached hydrogens (primary N) is 1. The van der Waals surface area contributed by atoms with Gasteiger partial charge in [-0.3, -0.25) is 0 Å². The van der Waals surface area contributed by atoms with Gasteiger partial charge in [-0.1, -0.05) is 22.9 Å². The summed E-state index contributed by atoms with van der Waals surface area (Å²) in [6, 6.07) is 7.38. The van der Waals surface area contributed by atoms with Crippen molar-refractivity contribution >= 4 is 21.7 Å². The smallest absolute Gasteiger partial charge is 0.224 e. The zero-order valence-electron chi connectivity index (χ0n) is 10.3. The summed E-state index contributed by atoms with van der Waals surface area (Å²) in [7, 11) is 0. The zero-order chi connectivity index (χ0) is 13.1. The lowest BCUT2D eigenvalue weighted by Crippen LogP contribution is -2.00. The van der Waals surface area contributed by atoms with Crippen LogP contribution in [0.3, 0.4) is 0 Å². The van der Waals surface area contributed by atoms with Gasteiger partial charge in [0, 0.05) is 17.0 Å². The summed E-state index contributed by atoms with van der Waals surface area (Å²) in [5, 5.41) is 0. The number of halogens is 1. The molecule has 0 atom stereocenters. The lowest BCUT2D eigenvalue weighted by Gasteiger charge is -2.08. The van der Waals surface area contributed by atoms with Gasteiger partial charge in [0.2, 0.25) is 5.88 Å². The van der Waals surface area contributed by atoms with Gasteiger partial charge in [0.1, 0.15) is 17.4 Å².